The van der Waals surface area contributed by atoms with E-state index in [1.165, 1.54) is 10.9 Å². The molecule has 4 aliphatic rings. The molecule has 1 saturated heterocycles. The van der Waals surface area contributed by atoms with Crippen molar-refractivity contribution in [3.8, 4) is 0 Å². The Kier molecular flexibility index (Phi) is 8.34. The zero-order valence-corrected chi connectivity index (χ0v) is 23.1. The van der Waals surface area contributed by atoms with E-state index in [9.17, 15) is 26.7 Å². The van der Waals surface area contributed by atoms with Gasteiger partial charge in [0.25, 0.3) is 6.02 Å². The molecule has 0 aromatic carbocycles. The van der Waals surface area contributed by atoms with Gasteiger partial charge in [-0.05, 0) is 88.9 Å². The number of hydrogen-bond donors (Lipinski definition) is 2. The summed E-state index contributed by atoms with van der Waals surface area (Å²) in [6, 6.07) is -0.454. The summed E-state index contributed by atoms with van der Waals surface area (Å²) in [5.74, 6) is -1.33. The molecule has 1 aromatic rings. The molecule has 0 spiro atoms. The van der Waals surface area contributed by atoms with Crippen LogP contribution in [0.1, 0.15) is 88.4 Å². The molecule has 7 atom stereocenters. The molecule has 12 heteroatoms. The highest BCUT2D eigenvalue weighted by Crippen LogP contribution is 2.46. The van der Waals surface area contributed by atoms with E-state index in [0.29, 0.717) is 39.0 Å². The van der Waals surface area contributed by atoms with Crippen molar-refractivity contribution in [2.24, 2.45) is 23.7 Å². The molecule has 1 amide bonds. The van der Waals surface area contributed by atoms with Crippen molar-refractivity contribution in [2.75, 3.05) is 19.7 Å². The van der Waals surface area contributed by atoms with E-state index < -0.39 is 36.0 Å². The molecule has 0 radical (unpaired) electrons. The van der Waals surface area contributed by atoms with Gasteiger partial charge in [0.2, 0.25) is 5.91 Å². The Hall–Kier alpha value is -2.40. The minimum atomic E-state index is -4.62. The number of hydrogen-bond acceptors (Lipinski definition) is 4. The minimum absolute atomic E-state index is 0.0461. The minimum Gasteiger partial charge on any atom is -0.463 e. The molecule has 3 saturated carbocycles. The number of aromatic nitrogens is 2. The molecule has 40 heavy (non-hydrogen) atoms. The van der Waals surface area contributed by atoms with E-state index in [-0.39, 0.29) is 66.6 Å². The molecule has 4 fully saturated rings. The van der Waals surface area contributed by atoms with Gasteiger partial charge < -0.3 is 15.0 Å². The molecule has 5 rings (SSSR count). The number of nitrogens with zero attached hydrogens (tertiary/aromatic N) is 3. The van der Waals surface area contributed by atoms with Crippen molar-refractivity contribution in [1.29, 1.82) is 5.41 Å². The van der Waals surface area contributed by atoms with Crippen LogP contribution in [0.5, 0.6) is 0 Å². The predicted molar refractivity (Wildman–Crippen MR) is 138 cm³/mol. The summed E-state index contributed by atoms with van der Waals surface area (Å²) < 4.78 is 76.9. The highest BCUT2D eigenvalue weighted by atomic mass is 19.4. The van der Waals surface area contributed by atoms with Crippen LogP contribution in [0.3, 0.4) is 0 Å². The third-order valence-corrected chi connectivity index (χ3v) is 9.22. The average Bonchev–Trinajstić information content (AvgIpc) is 3.48. The van der Waals surface area contributed by atoms with Crippen LogP contribution >= 0.6 is 0 Å². The molecule has 1 aromatic heterocycles. The number of amidine groups is 1. The summed E-state index contributed by atoms with van der Waals surface area (Å²) in [6.07, 6.45) is -2.39. The van der Waals surface area contributed by atoms with Gasteiger partial charge >= 0.3 is 6.18 Å². The van der Waals surface area contributed by atoms with Crippen LogP contribution < -0.4 is 5.32 Å². The van der Waals surface area contributed by atoms with E-state index in [2.05, 4.69) is 10.4 Å². The number of carbonyl (C=O) groups excluding carboxylic acids is 1. The first-order chi connectivity index (χ1) is 18.9. The second-order valence-corrected chi connectivity index (χ2v) is 12.5. The molecule has 0 bridgehead atoms. The Morgan fingerprint density at radius 1 is 1.10 bits per heavy atom. The molecule has 3 aliphatic carbocycles. The number of halogens is 5. The Bertz CT molecular complexity index is 1070. The maximum absolute atomic E-state index is 14.3. The van der Waals surface area contributed by atoms with Crippen molar-refractivity contribution < 1.29 is 31.5 Å². The lowest BCUT2D eigenvalue weighted by molar-refractivity contribution is -0.142. The maximum Gasteiger partial charge on any atom is 0.435 e. The third-order valence-electron chi connectivity index (χ3n) is 9.22. The predicted octanol–water partition coefficient (Wildman–Crippen LogP) is 5.62. The molecule has 2 N–H and O–H groups in total. The van der Waals surface area contributed by atoms with Crippen LogP contribution in [0, 0.1) is 29.1 Å². The standard InChI is InChI=1S/C28H40F5N5O2/c1-15(2)38-14-21(25(36-38)28(31,32)33)19-9-16(13-37-7-8-40-27(37)34)10-20(11-19)26(39)35-24(17-3-4-17)18-5-6-22(29)23(30)12-18/h14-20,22-24,34H,3-13H2,1-2H3,(H,35,39)/t16?,18?,19?,20?,22?,23?,24-/m0/s1. The first-order valence-corrected chi connectivity index (χ1v) is 14.6. The normalized spacial score (nSPS) is 32.3. The van der Waals surface area contributed by atoms with Crippen molar-refractivity contribution in [3.05, 3.63) is 17.5 Å². The smallest absolute Gasteiger partial charge is 0.435 e. The van der Waals surface area contributed by atoms with Crippen molar-refractivity contribution in [2.45, 2.75) is 102 Å². The molecule has 1 aliphatic heterocycles. The second kappa shape index (κ2) is 11.5. The molecular formula is C28H40F5N5O2. The topological polar surface area (TPSA) is 83.2 Å². The third kappa shape index (κ3) is 6.40. The van der Waals surface area contributed by atoms with E-state index in [0.717, 1.165) is 12.8 Å². The second-order valence-electron chi connectivity index (χ2n) is 12.5. The lowest BCUT2D eigenvalue weighted by Gasteiger charge is -2.38. The summed E-state index contributed by atoms with van der Waals surface area (Å²) in [4.78, 5) is 15.5. The van der Waals surface area contributed by atoms with Crippen molar-refractivity contribution in [3.63, 3.8) is 0 Å². The van der Waals surface area contributed by atoms with E-state index >= 15 is 0 Å². The van der Waals surface area contributed by atoms with Crippen LogP contribution in [0.2, 0.25) is 0 Å². The first-order valence-electron chi connectivity index (χ1n) is 14.6. The van der Waals surface area contributed by atoms with Crippen molar-refractivity contribution in [1.82, 2.24) is 20.0 Å². The molecule has 6 unspecified atom stereocenters. The van der Waals surface area contributed by atoms with Crippen LogP contribution in [-0.4, -0.2) is 64.7 Å². The van der Waals surface area contributed by atoms with Gasteiger partial charge in [-0.1, -0.05) is 0 Å². The van der Waals surface area contributed by atoms with E-state index in [4.69, 9.17) is 10.1 Å². The zero-order chi connectivity index (χ0) is 28.8. The van der Waals surface area contributed by atoms with Crippen molar-refractivity contribution >= 4 is 11.9 Å². The molecular weight excluding hydrogens is 533 g/mol. The Morgan fingerprint density at radius 3 is 2.42 bits per heavy atom. The fraction of sp³-hybridized carbons (Fsp3) is 0.821. The monoisotopic (exact) mass is 573 g/mol. The maximum atomic E-state index is 14.3. The fourth-order valence-electron chi connectivity index (χ4n) is 6.97. The number of rotatable bonds is 8. The van der Waals surface area contributed by atoms with Gasteiger partial charge in [0.05, 0.1) is 6.54 Å². The van der Waals surface area contributed by atoms with Crippen LogP contribution in [-0.2, 0) is 15.7 Å². The van der Waals surface area contributed by atoms with Gasteiger partial charge in [-0.3, -0.25) is 14.9 Å². The summed E-state index contributed by atoms with van der Waals surface area (Å²) in [5.41, 5.74) is -0.798. The number of amides is 1. The van der Waals surface area contributed by atoms with Gasteiger partial charge in [-0.15, -0.1) is 0 Å². The fourth-order valence-corrected chi connectivity index (χ4v) is 6.97. The van der Waals surface area contributed by atoms with Crippen LogP contribution in [0.15, 0.2) is 6.20 Å². The Balaban J connectivity index is 1.38. The summed E-state index contributed by atoms with van der Waals surface area (Å²) in [6.45, 7) is 4.88. The SMILES string of the molecule is CC(C)n1cc(C2CC(CN3CCOC3=N)CC(C(=O)N[C@@H](C3CC3)C3CCC(F)C(F)C3)C2)c(C(F)(F)F)n1. The molecule has 224 valence electrons. The van der Waals surface area contributed by atoms with Gasteiger partial charge in [0.15, 0.2) is 5.69 Å². The van der Waals surface area contributed by atoms with Gasteiger partial charge in [-0.2, -0.15) is 18.3 Å². The first kappa shape index (κ1) is 29.1. The number of carbonyl (C=O) groups is 1. The lowest BCUT2D eigenvalue weighted by Crippen LogP contribution is -2.48. The van der Waals surface area contributed by atoms with Crippen LogP contribution in [0.4, 0.5) is 22.0 Å². The van der Waals surface area contributed by atoms with Gasteiger partial charge in [-0.25, -0.2) is 8.78 Å². The zero-order valence-electron chi connectivity index (χ0n) is 23.1. The summed E-state index contributed by atoms with van der Waals surface area (Å²) in [7, 11) is 0. The highest BCUT2D eigenvalue weighted by molar-refractivity contribution is 5.79. The molecule has 7 nitrogen and oxygen atoms in total. The average molecular weight is 574 g/mol. The van der Waals surface area contributed by atoms with Crippen LogP contribution in [0.25, 0.3) is 0 Å². The highest BCUT2D eigenvalue weighted by Gasteiger charge is 2.45. The Morgan fingerprint density at radius 2 is 1.82 bits per heavy atom. The summed E-state index contributed by atoms with van der Waals surface area (Å²) in [5, 5.41) is 15.1. The number of ether oxygens (including phenoxy) is 1. The largest absolute Gasteiger partial charge is 0.463 e. The van der Waals surface area contributed by atoms with E-state index in [1.54, 1.807) is 18.7 Å². The molecule has 2 heterocycles. The van der Waals surface area contributed by atoms with Gasteiger partial charge in [0.1, 0.15) is 19.0 Å². The van der Waals surface area contributed by atoms with E-state index in [1.807, 2.05) is 0 Å². The quantitative estimate of drug-likeness (QED) is 0.396. The number of nitrogens with one attached hydrogen (secondary N) is 2. The van der Waals surface area contributed by atoms with Gasteiger partial charge in [0, 0.05) is 36.3 Å². The number of alkyl halides is 5. The summed E-state index contributed by atoms with van der Waals surface area (Å²) >= 11 is 0. The Labute approximate surface area is 231 Å². The lowest BCUT2D eigenvalue weighted by atomic mass is 9.71.